The zero-order valence-electron chi connectivity index (χ0n) is 24.5. The van der Waals surface area contributed by atoms with Gasteiger partial charge in [0.15, 0.2) is 5.11 Å². The monoisotopic (exact) mass is 575 g/mol. The van der Waals surface area contributed by atoms with Crippen molar-refractivity contribution in [3.05, 3.63) is 29.8 Å². The molecule has 1 fully saturated rings. The first-order valence-electron chi connectivity index (χ1n) is 15.2. The largest absolute Gasteiger partial charge is 0.494 e. The molecule has 1 saturated heterocycles. The predicted octanol–water partition coefficient (Wildman–Crippen LogP) is 5.92. The standard InChI is InChI=1S/C31H49N3O5S/c1-3-5-7-9-10-11-13-15-23-39-28(35)24-27-30(37)32-20-21-34(27)31(40)33-29(36)25-16-18-26(19-17-25)38-22-14-12-8-6-4-2/h16-19,27H,3-15,20-24H2,1-2H3,(H,32,37)(H,33,36,40). The van der Waals surface area contributed by atoms with Gasteiger partial charge in [-0.25, -0.2) is 0 Å². The smallest absolute Gasteiger partial charge is 0.308 e. The highest BCUT2D eigenvalue weighted by Crippen LogP contribution is 2.15. The average Bonchev–Trinajstić information content (AvgIpc) is 2.95. The Bertz CT molecular complexity index is 909. The lowest BCUT2D eigenvalue weighted by Gasteiger charge is -2.36. The van der Waals surface area contributed by atoms with E-state index in [2.05, 4.69) is 24.5 Å². The molecule has 0 spiro atoms. The third-order valence-electron chi connectivity index (χ3n) is 7.07. The second-order valence-corrected chi connectivity index (χ2v) is 10.8. The summed E-state index contributed by atoms with van der Waals surface area (Å²) < 4.78 is 11.2. The number of benzene rings is 1. The Morgan fingerprint density at radius 3 is 2.10 bits per heavy atom. The van der Waals surface area contributed by atoms with Gasteiger partial charge in [0.25, 0.3) is 5.91 Å². The number of rotatable bonds is 19. The average molecular weight is 576 g/mol. The van der Waals surface area contributed by atoms with Gasteiger partial charge in [0.05, 0.1) is 19.6 Å². The summed E-state index contributed by atoms with van der Waals surface area (Å²) in [4.78, 5) is 39.5. The van der Waals surface area contributed by atoms with Crippen LogP contribution in [-0.4, -0.2) is 60.1 Å². The van der Waals surface area contributed by atoms with E-state index in [1.165, 1.54) is 51.4 Å². The summed E-state index contributed by atoms with van der Waals surface area (Å²) in [5, 5.41) is 5.60. The van der Waals surface area contributed by atoms with Crippen molar-refractivity contribution in [2.45, 2.75) is 110 Å². The quantitative estimate of drug-likeness (QED) is 0.120. The Morgan fingerprint density at radius 2 is 1.48 bits per heavy atom. The first-order chi connectivity index (χ1) is 19.5. The molecule has 9 heteroatoms. The first-order valence-corrected chi connectivity index (χ1v) is 15.6. The maximum Gasteiger partial charge on any atom is 0.308 e. The van der Waals surface area contributed by atoms with E-state index < -0.39 is 12.0 Å². The van der Waals surface area contributed by atoms with Crippen molar-refractivity contribution in [2.24, 2.45) is 0 Å². The molecule has 224 valence electrons. The minimum absolute atomic E-state index is 0.119. The number of nitrogens with zero attached hydrogens (tertiary/aromatic N) is 1. The molecule has 1 aliphatic heterocycles. The lowest BCUT2D eigenvalue weighted by Crippen LogP contribution is -2.60. The predicted molar refractivity (Wildman–Crippen MR) is 162 cm³/mol. The molecule has 2 rings (SSSR count). The van der Waals surface area contributed by atoms with Gasteiger partial charge >= 0.3 is 5.97 Å². The summed E-state index contributed by atoms with van der Waals surface area (Å²) in [5.74, 6) is -0.404. The second-order valence-electron chi connectivity index (χ2n) is 10.4. The van der Waals surface area contributed by atoms with Crippen LogP contribution in [0.2, 0.25) is 0 Å². The molecule has 1 heterocycles. The molecule has 2 N–H and O–H groups in total. The van der Waals surface area contributed by atoms with E-state index >= 15 is 0 Å². The van der Waals surface area contributed by atoms with Crippen LogP contribution in [0.1, 0.15) is 114 Å². The second kappa shape index (κ2) is 20.2. The number of hydrogen-bond acceptors (Lipinski definition) is 6. The lowest BCUT2D eigenvalue weighted by atomic mass is 10.1. The number of carbonyl (C=O) groups is 3. The molecule has 0 saturated carbocycles. The summed E-state index contributed by atoms with van der Waals surface area (Å²) in [6.45, 7) is 6.18. The highest BCUT2D eigenvalue weighted by Gasteiger charge is 2.34. The van der Waals surface area contributed by atoms with Gasteiger partial charge in [-0.05, 0) is 49.3 Å². The van der Waals surface area contributed by atoms with E-state index in [9.17, 15) is 14.4 Å². The molecule has 8 nitrogen and oxygen atoms in total. The van der Waals surface area contributed by atoms with Crippen molar-refractivity contribution < 1.29 is 23.9 Å². The minimum atomic E-state index is -0.819. The topological polar surface area (TPSA) is 97.0 Å². The molecule has 1 aliphatic rings. The number of ether oxygens (including phenoxy) is 2. The number of thiocarbonyl (C=S) groups is 1. The minimum Gasteiger partial charge on any atom is -0.494 e. The van der Waals surface area contributed by atoms with Crippen molar-refractivity contribution in [3.8, 4) is 5.75 Å². The Morgan fingerprint density at radius 1 is 0.900 bits per heavy atom. The number of nitrogens with one attached hydrogen (secondary N) is 2. The van der Waals surface area contributed by atoms with Crippen LogP contribution >= 0.6 is 12.2 Å². The lowest BCUT2D eigenvalue weighted by molar-refractivity contribution is -0.147. The third-order valence-corrected chi connectivity index (χ3v) is 7.40. The van der Waals surface area contributed by atoms with Crippen LogP contribution in [0, 0.1) is 0 Å². The zero-order chi connectivity index (χ0) is 29.0. The molecule has 40 heavy (non-hydrogen) atoms. The Labute approximate surface area is 245 Å². The number of hydrogen-bond donors (Lipinski definition) is 2. The molecule has 1 unspecified atom stereocenters. The van der Waals surface area contributed by atoms with Crippen molar-refractivity contribution in [3.63, 3.8) is 0 Å². The van der Waals surface area contributed by atoms with Gasteiger partial charge < -0.3 is 19.7 Å². The fourth-order valence-corrected chi connectivity index (χ4v) is 4.95. The van der Waals surface area contributed by atoms with E-state index in [1.807, 2.05) is 0 Å². The van der Waals surface area contributed by atoms with Crippen LogP contribution in [0.5, 0.6) is 5.75 Å². The molecule has 1 atom stereocenters. The van der Waals surface area contributed by atoms with E-state index in [0.29, 0.717) is 37.6 Å². The van der Waals surface area contributed by atoms with Crippen LogP contribution < -0.4 is 15.4 Å². The number of piperazine rings is 1. The van der Waals surface area contributed by atoms with Gasteiger partial charge in [-0.3, -0.25) is 19.7 Å². The van der Waals surface area contributed by atoms with Crippen molar-refractivity contribution in [2.75, 3.05) is 26.3 Å². The fraction of sp³-hybridized carbons (Fsp3) is 0.677. The molecule has 0 radical (unpaired) electrons. The fourth-order valence-electron chi connectivity index (χ4n) is 4.64. The van der Waals surface area contributed by atoms with E-state index in [1.54, 1.807) is 29.2 Å². The summed E-state index contributed by atoms with van der Waals surface area (Å²) >= 11 is 5.47. The van der Waals surface area contributed by atoms with Crippen LogP contribution in [0.25, 0.3) is 0 Å². The van der Waals surface area contributed by atoms with E-state index in [0.717, 1.165) is 32.1 Å². The highest BCUT2D eigenvalue weighted by atomic mass is 32.1. The number of carbonyl (C=O) groups excluding carboxylic acids is 3. The molecule has 0 bridgehead atoms. The molecule has 1 aromatic carbocycles. The van der Waals surface area contributed by atoms with Gasteiger partial charge in [0.1, 0.15) is 11.8 Å². The van der Waals surface area contributed by atoms with Gasteiger partial charge in [-0.2, -0.15) is 0 Å². The number of unbranched alkanes of at least 4 members (excludes halogenated alkanes) is 11. The summed E-state index contributed by atoms with van der Waals surface area (Å²) in [6.07, 6.45) is 15.0. The Balaban J connectivity index is 1.75. The van der Waals surface area contributed by atoms with Gasteiger partial charge in [0, 0.05) is 18.7 Å². The van der Waals surface area contributed by atoms with Gasteiger partial charge in [-0.15, -0.1) is 0 Å². The molecular weight excluding hydrogens is 526 g/mol. The Kier molecular flexibility index (Phi) is 17.0. The highest BCUT2D eigenvalue weighted by molar-refractivity contribution is 7.80. The summed E-state index contributed by atoms with van der Waals surface area (Å²) in [5.41, 5.74) is 0.431. The molecular formula is C31H49N3O5S. The number of amides is 2. The Hall–Kier alpha value is -2.68. The van der Waals surface area contributed by atoms with E-state index in [4.69, 9.17) is 21.7 Å². The normalized spacial score (nSPS) is 14.9. The first kappa shape index (κ1) is 33.5. The van der Waals surface area contributed by atoms with Crippen LogP contribution in [0.3, 0.4) is 0 Å². The van der Waals surface area contributed by atoms with Gasteiger partial charge in [-0.1, -0.05) is 84.5 Å². The van der Waals surface area contributed by atoms with Gasteiger partial charge in [0.2, 0.25) is 5.91 Å². The number of esters is 1. The zero-order valence-corrected chi connectivity index (χ0v) is 25.3. The molecule has 2 amide bonds. The SMILES string of the molecule is CCCCCCCCCCOC(=O)CC1C(=O)NCCN1C(=S)NC(=O)c1ccc(OCCCCCCC)cc1. The maximum atomic E-state index is 12.8. The molecule has 1 aromatic rings. The van der Waals surface area contributed by atoms with Crippen LogP contribution in [-0.2, 0) is 14.3 Å². The maximum absolute atomic E-state index is 12.8. The summed E-state index contributed by atoms with van der Waals surface area (Å²) in [6, 6.07) is 6.09. The third kappa shape index (κ3) is 13.1. The van der Waals surface area contributed by atoms with E-state index in [-0.39, 0.29) is 23.3 Å². The van der Waals surface area contributed by atoms with Crippen molar-refractivity contribution in [1.29, 1.82) is 0 Å². The summed E-state index contributed by atoms with van der Waals surface area (Å²) in [7, 11) is 0. The van der Waals surface area contributed by atoms with Crippen LogP contribution in [0.4, 0.5) is 0 Å². The molecule has 0 aromatic heterocycles. The molecule has 0 aliphatic carbocycles. The van der Waals surface area contributed by atoms with Crippen LogP contribution in [0.15, 0.2) is 24.3 Å². The van der Waals surface area contributed by atoms with Crippen molar-refractivity contribution >= 4 is 35.1 Å². The van der Waals surface area contributed by atoms with Crippen molar-refractivity contribution in [1.82, 2.24) is 15.5 Å².